The zero-order valence-corrected chi connectivity index (χ0v) is 19.6. The maximum Gasteiger partial charge on any atom is 0.425 e. The number of anilines is 1. The lowest BCUT2D eigenvalue weighted by molar-refractivity contribution is -0.190. The number of amides is 1. The number of aliphatic hydroxyl groups excluding tert-OH is 1. The van der Waals surface area contributed by atoms with Crippen LogP contribution in [0.1, 0.15) is 35.7 Å². The number of hydrogen-bond acceptors (Lipinski definition) is 8. The summed E-state index contributed by atoms with van der Waals surface area (Å²) in [4.78, 5) is 29.3. The van der Waals surface area contributed by atoms with Crippen molar-refractivity contribution in [1.82, 2.24) is 29.1 Å². The van der Waals surface area contributed by atoms with Crippen molar-refractivity contribution in [3.05, 3.63) is 45.6 Å². The zero-order chi connectivity index (χ0) is 26.8. The number of hydrogen-bond donors (Lipinski definition) is 2. The molecule has 1 amide bonds. The first kappa shape index (κ1) is 26.8. The minimum Gasteiger partial charge on any atom is -0.464 e. The van der Waals surface area contributed by atoms with Crippen LogP contribution in [-0.4, -0.2) is 59.5 Å². The topological polar surface area (TPSA) is 138 Å². The highest BCUT2D eigenvalue weighted by Gasteiger charge is 2.39. The standard InChI is InChI=1S/C20H23F4N7O5/c1-5-30-15(8-32)28-31(19(30)34)16-12(21)6-11(18(26-16)36-10(2)20(22,23)24)17(33)25-13-7-29(3)27-14(13)9-35-4/h6-7,10,32H,5,8-9H2,1-4H3,(H,25,33). The molecule has 0 aliphatic heterocycles. The Morgan fingerprint density at radius 3 is 2.56 bits per heavy atom. The van der Waals surface area contributed by atoms with Crippen molar-refractivity contribution in [2.75, 3.05) is 12.4 Å². The molecular weight excluding hydrogens is 494 g/mol. The average molecular weight is 517 g/mol. The summed E-state index contributed by atoms with van der Waals surface area (Å²) in [6, 6.07) is 0.582. The van der Waals surface area contributed by atoms with Crippen molar-refractivity contribution in [2.24, 2.45) is 7.05 Å². The van der Waals surface area contributed by atoms with Gasteiger partial charge in [-0.25, -0.2) is 9.18 Å². The molecule has 0 radical (unpaired) electrons. The van der Waals surface area contributed by atoms with Crippen LogP contribution in [0.2, 0.25) is 0 Å². The molecule has 3 aromatic rings. The van der Waals surface area contributed by atoms with E-state index in [9.17, 15) is 27.9 Å². The maximum absolute atomic E-state index is 15.1. The fourth-order valence-corrected chi connectivity index (χ4v) is 3.18. The number of aliphatic hydroxyl groups is 1. The summed E-state index contributed by atoms with van der Waals surface area (Å²) in [5, 5.41) is 19.7. The van der Waals surface area contributed by atoms with Crippen LogP contribution in [0.25, 0.3) is 5.82 Å². The fourth-order valence-electron chi connectivity index (χ4n) is 3.18. The number of methoxy groups -OCH3 is 1. The molecule has 3 heterocycles. The number of pyridine rings is 1. The Labute approximate surface area is 201 Å². The normalized spacial score (nSPS) is 12.6. The molecule has 0 saturated carbocycles. The van der Waals surface area contributed by atoms with Crippen molar-refractivity contribution in [1.29, 1.82) is 0 Å². The summed E-state index contributed by atoms with van der Waals surface area (Å²) >= 11 is 0. The van der Waals surface area contributed by atoms with Gasteiger partial charge in [-0.1, -0.05) is 0 Å². The number of aromatic nitrogens is 6. The predicted molar refractivity (Wildman–Crippen MR) is 115 cm³/mol. The molecule has 0 aromatic carbocycles. The molecule has 0 aliphatic rings. The smallest absolute Gasteiger partial charge is 0.425 e. The second-order valence-electron chi connectivity index (χ2n) is 7.51. The quantitative estimate of drug-likeness (QED) is 0.408. The van der Waals surface area contributed by atoms with E-state index in [1.54, 1.807) is 14.0 Å². The number of nitrogens with zero attached hydrogens (tertiary/aromatic N) is 6. The first-order valence-electron chi connectivity index (χ1n) is 10.5. The van der Waals surface area contributed by atoms with Crippen LogP contribution in [-0.2, 0) is 31.5 Å². The van der Waals surface area contributed by atoms with Gasteiger partial charge in [-0.2, -0.15) is 27.9 Å². The number of carbonyl (C=O) groups excluding carboxylic acids is 1. The van der Waals surface area contributed by atoms with Gasteiger partial charge in [0.05, 0.1) is 12.3 Å². The molecule has 0 spiro atoms. The van der Waals surface area contributed by atoms with E-state index in [1.807, 2.05) is 0 Å². The first-order chi connectivity index (χ1) is 16.9. The van der Waals surface area contributed by atoms with E-state index in [1.165, 1.54) is 18.0 Å². The minimum atomic E-state index is -4.84. The third-order valence-corrected chi connectivity index (χ3v) is 4.95. The summed E-state index contributed by atoms with van der Waals surface area (Å²) in [7, 11) is 2.96. The summed E-state index contributed by atoms with van der Waals surface area (Å²) in [5.41, 5.74) is -1.11. The van der Waals surface area contributed by atoms with E-state index in [-0.39, 0.29) is 24.7 Å². The van der Waals surface area contributed by atoms with Gasteiger partial charge in [-0.15, -0.1) is 5.10 Å². The van der Waals surface area contributed by atoms with Gasteiger partial charge in [0.2, 0.25) is 5.88 Å². The van der Waals surface area contributed by atoms with Gasteiger partial charge in [0.25, 0.3) is 5.91 Å². The van der Waals surface area contributed by atoms with Crippen molar-refractivity contribution >= 4 is 11.6 Å². The van der Waals surface area contributed by atoms with Crippen LogP contribution >= 0.6 is 0 Å². The van der Waals surface area contributed by atoms with E-state index >= 15 is 4.39 Å². The van der Waals surface area contributed by atoms with Crippen LogP contribution in [0.4, 0.5) is 23.2 Å². The molecule has 0 fully saturated rings. The molecule has 1 atom stereocenters. The number of carbonyl (C=O) groups is 1. The van der Waals surface area contributed by atoms with Crippen LogP contribution in [0.5, 0.6) is 5.88 Å². The number of ether oxygens (including phenoxy) is 2. The van der Waals surface area contributed by atoms with Crippen molar-refractivity contribution in [2.45, 2.75) is 45.9 Å². The Morgan fingerprint density at radius 1 is 1.31 bits per heavy atom. The van der Waals surface area contributed by atoms with E-state index < -0.39 is 53.6 Å². The Hall–Kier alpha value is -3.79. The van der Waals surface area contributed by atoms with Crippen LogP contribution in [0.3, 0.4) is 0 Å². The Kier molecular flexibility index (Phi) is 7.78. The van der Waals surface area contributed by atoms with Gasteiger partial charge in [-0.05, 0) is 19.9 Å². The van der Waals surface area contributed by atoms with E-state index in [4.69, 9.17) is 9.47 Å². The monoisotopic (exact) mass is 517 g/mol. The van der Waals surface area contributed by atoms with Crippen LogP contribution in [0, 0.1) is 5.82 Å². The van der Waals surface area contributed by atoms with Gasteiger partial charge >= 0.3 is 11.9 Å². The molecule has 3 rings (SSSR count). The predicted octanol–water partition coefficient (Wildman–Crippen LogP) is 1.54. The van der Waals surface area contributed by atoms with Crippen LogP contribution < -0.4 is 15.7 Å². The van der Waals surface area contributed by atoms with Crippen LogP contribution in [0.15, 0.2) is 17.1 Å². The van der Waals surface area contributed by atoms with E-state index in [2.05, 4.69) is 20.5 Å². The number of aryl methyl sites for hydroxylation is 1. The maximum atomic E-state index is 15.1. The Morgan fingerprint density at radius 2 is 2.00 bits per heavy atom. The first-order valence-corrected chi connectivity index (χ1v) is 10.5. The lowest BCUT2D eigenvalue weighted by Gasteiger charge is -2.19. The highest BCUT2D eigenvalue weighted by molar-refractivity contribution is 6.06. The van der Waals surface area contributed by atoms with Gasteiger partial charge in [0.1, 0.15) is 17.9 Å². The van der Waals surface area contributed by atoms with Crippen molar-refractivity contribution in [3.63, 3.8) is 0 Å². The van der Waals surface area contributed by atoms with Gasteiger partial charge in [0.15, 0.2) is 23.6 Å². The summed E-state index contributed by atoms with van der Waals surface area (Å²) in [5.74, 6) is -4.13. The molecular formula is C20H23F4N7O5. The minimum absolute atomic E-state index is 0.00661. The highest BCUT2D eigenvalue weighted by atomic mass is 19.4. The molecule has 0 aliphatic carbocycles. The molecule has 16 heteroatoms. The van der Waals surface area contributed by atoms with Gasteiger partial charge in [-0.3, -0.25) is 14.0 Å². The van der Waals surface area contributed by atoms with Gasteiger partial charge in [0, 0.05) is 26.9 Å². The average Bonchev–Trinajstić information content (AvgIpc) is 3.31. The van der Waals surface area contributed by atoms with Gasteiger partial charge < -0.3 is 19.9 Å². The molecule has 36 heavy (non-hydrogen) atoms. The highest BCUT2D eigenvalue weighted by Crippen LogP contribution is 2.29. The van der Waals surface area contributed by atoms with Crippen molar-refractivity contribution in [3.8, 4) is 11.7 Å². The molecule has 1 unspecified atom stereocenters. The third-order valence-electron chi connectivity index (χ3n) is 4.95. The Bertz CT molecular complexity index is 1310. The second-order valence-corrected chi connectivity index (χ2v) is 7.51. The second kappa shape index (κ2) is 10.4. The van der Waals surface area contributed by atoms with E-state index in [0.717, 1.165) is 4.57 Å². The Balaban J connectivity index is 2.12. The molecule has 196 valence electrons. The molecule has 2 N–H and O–H groups in total. The number of halogens is 4. The number of nitrogens with one attached hydrogen (secondary N) is 1. The SMILES string of the molecule is CCn1c(CO)nn(-c2nc(OC(C)C(F)(F)F)c(C(=O)Nc3cn(C)nc3COC)cc2F)c1=O. The van der Waals surface area contributed by atoms with E-state index in [0.29, 0.717) is 23.4 Å². The van der Waals surface area contributed by atoms with Crippen molar-refractivity contribution < 1.29 is 36.9 Å². The molecule has 3 aromatic heterocycles. The molecule has 0 saturated heterocycles. The number of rotatable bonds is 9. The third kappa shape index (κ3) is 5.38. The summed E-state index contributed by atoms with van der Waals surface area (Å²) < 4.78 is 67.5. The number of alkyl halides is 3. The molecule has 12 nitrogen and oxygen atoms in total. The summed E-state index contributed by atoms with van der Waals surface area (Å²) in [6.07, 6.45) is -5.87. The lowest BCUT2D eigenvalue weighted by atomic mass is 10.2. The summed E-state index contributed by atoms with van der Waals surface area (Å²) in [6.45, 7) is 1.65. The largest absolute Gasteiger partial charge is 0.464 e. The fraction of sp³-hybridized carbons (Fsp3) is 0.450. The molecule has 0 bridgehead atoms. The zero-order valence-electron chi connectivity index (χ0n) is 19.6. The lowest BCUT2D eigenvalue weighted by Crippen LogP contribution is -2.33.